The van der Waals surface area contributed by atoms with Crippen LogP contribution in [0.15, 0.2) is 42.5 Å². The van der Waals surface area contributed by atoms with Crippen molar-refractivity contribution in [1.29, 1.82) is 0 Å². The van der Waals surface area contributed by atoms with Crippen molar-refractivity contribution < 1.29 is 38.1 Å². The van der Waals surface area contributed by atoms with Crippen LogP contribution >= 0.6 is 0 Å². The molecule has 2 heterocycles. The minimum atomic E-state index is -0.371. The molecule has 0 spiro atoms. The van der Waals surface area contributed by atoms with Crippen LogP contribution in [-0.4, -0.2) is 92.8 Å². The molecule has 1 N–H and O–H groups in total. The summed E-state index contributed by atoms with van der Waals surface area (Å²) in [6, 6.07) is 10.0. The molecule has 3 rings (SSSR count). The molecule has 0 unspecified atom stereocenters. The Bertz CT molecular complexity index is 1230. The molecule has 3 amide bonds. The fourth-order valence-corrected chi connectivity index (χ4v) is 4.53. The van der Waals surface area contributed by atoms with Gasteiger partial charge in [-0.05, 0) is 37.0 Å². The number of amides is 3. The molecule has 1 aliphatic heterocycles. The Morgan fingerprint density at radius 2 is 1.41 bits per heavy atom. The van der Waals surface area contributed by atoms with Crippen molar-refractivity contribution in [1.82, 2.24) is 9.88 Å². The van der Waals surface area contributed by atoms with Crippen LogP contribution in [-0.2, 0) is 44.5 Å². The second-order valence-corrected chi connectivity index (χ2v) is 10.4. The number of imide groups is 1. The Morgan fingerprint density at radius 3 is 2.09 bits per heavy atom. The number of para-hydroxylation sites is 1. The smallest absolute Gasteiger partial charge is 0.253 e. The fourth-order valence-electron chi connectivity index (χ4n) is 4.53. The van der Waals surface area contributed by atoms with Crippen molar-refractivity contribution in [2.45, 2.75) is 58.3 Å². The van der Waals surface area contributed by atoms with Gasteiger partial charge >= 0.3 is 0 Å². The van der Waals surface area contributed by atoms with Crippen LogP contribution in [0.1, 0.15) is 57.4 Å². The van der Waals surface area contributed by atoms with Gasteiger partial charge in [0.25, 0.3) is 11.8 Å². The topological polar surface area (TPSA) is 133 Å². The van der Waals surface area contributed by atoms with Gasteiger partial charge in [0.2, 0.25) is 5.91 Å². The van der Waals surface area contributed by atoms with E-state index in [-0.39, 0.29) is 42.9 Å². The zero-order valence-corrected chi connectivity index (χ0v) is 25.7. The van der Waals surface area contributed by atoms with Gasteiger partial charge in [0.1, 0.15) is 11.6 Å². The maximum absolute atomic E-state index is 12.5. The van der Waals surface area contributed by atoms with Crippen molar-refractivity contribution in [3.63, 3.8) is 0 Å². The number of hydrogen-bond acceptors (Lipinski definition) is 9. The fraction of sp³-hybridized carbons (Fsp3) is 0.545. The number of Topliss-reactive ketones (excluding diaryl/α,β-unsaturated/α-hetero) is 1. The molecular formula is C33H45N3O8. The molecule has 0 radical (unpaired) electrons. The van der Waals surface area contributed by atoms with Gasteiger partial charge in [0.15, 0.2) is 0 Å². The summed E-state index contributed by atoms with van der Waals surface area (Å²) in [4.78, 5) is 53.2. The number of aromatic nitrogens is 1. The molecule has 240 valence electrons. The van der Waals surface area contributed by atoms with Crippen LogP contribution in [0, 0.1) is 0 Å². The summed E-state index contributed by atoms with van der Waals surface area (Å²) in [5.74, 6) is -0.243. The molecule has 1 aliphatic rings. The third kappa shape index (κ3) is 13.0. The van der Waals surface area contributed by atoms with Gasteiger partial charge in [0, 0.05) is 43.5 Å². The monoisotopic (exact) mass is 611 g/mol. The zero-order valence-electron chi connectivity index (χ0n) is 25.7. The van der Waals surface area contributed by atoms with Crippen molar-refractivity contribution in [2.75, 3.05) is 64.7 Å². The van der Waals surface area contributed by atoms with E-state index in [1.807, 2.05) is 24.3 Å². The van der Waals surface area contributed by atoms with Gasteiger partial charge in [-0.25, -0.2) is 4.98 Å². The van der Waals surface area contributed by atoms with Gasteiger partial charge in [-0.2, -0.15) is 0 Å². The lowest BCUT2D eigenvalue weighted by atomic mass is 10.1. The quantitative estimate of drug-likeness (QED) is 0.138. The molecule has 11 heteroatoms. The number of fused-ring (bicyclic) bond motifs is 1. The first-order valence-electron chi connectivity index (χ1n) is 15.5. The van der Waals surface area contributed by atoms with E-state index in [1.54, 1.807) is 0 Å². The van der Waals surface area contributed by atoms with Gasteiger partial charge < -0.3 is 24.3 Å². The highest BCUT2D eigenvalue weighted by Gasteiger charge is 2.23. The minimum Gasteiger partial charge on any atom is -0.379 e. The highest BCUT2D eigenvalue weighted by Crippen LogP contribution is 2.22. The van der Waals surface area contributed by atoms with Gasteiger partial charge in [-0.15, -0.1) is 0 Å². The Hall–Kier alpha value is -3.51. The Labute approximate surface area is 259 Å². The SMILES string of the molecule is CCCCCc1cc2ccccc2nc1NC(=O)CCOCCOCCOCCOCCCC(=O)CCN1C(=O)C=CC1=O. The summed E-state index contributed by atoms with van der Waals surface area (Å²) < 4.78 is 22.0. The average Bonchev–Trinajstić information content (AvgIpc) is 3.34. The van der Waals surface area contributed by atoms with Gasteiger partial charge in [0.05, 0.1) is 58.2 Å². The molecule has 0 aliphatic carbocycles. The van der Waals surface area contributed by atoms with E-state index in [1.165, 1.54) is 12.2 Å². The highest BCUT2D eigenvalue weighted by atomic mass is 16.6. The number of anilines is 1. The number of benzene rings is 1. The third-order valence-corrected chi connectivity index (χ3v) is 6.96. The Kier molecular flexibility index (Phi) is 16.3. The first-order valence-corrected chi connectivity index (χ1v) is 15.5. The van der Waals surface area contributed by atoms with Gasteiger partial charge in [-0.3, -0.25) is 24.1 Å². The summed E-state index contributed by atoms with van der Waals surface area (Å²) in [6.45, 7) is 5.48. The number of hydrogen-bond donors (Lipinski definition) is 1. The number of rotatable bonds is 24. The number of carbonyl (C=O) groups excluding carboxylic acids is 4. The van der Waals surface area contributed by atoms with E-state index < -0.39 is 0 Å². The summed E-state index contributed by atoms with van der Waals surface area (Å²) in [7, 11) is 0. The predicted molar refractivity (Wildman–Crippen MR) is 166 cm³/mol. The normalized spacial score (nSPS) is 12.9. The number of aryl methyl sites for hydroxylation is 1. The van der Waals surface area contributed by atoms with Crippen LogP contribution in [0.3, 0.4) is 0 Å². The first kappa shape index (κ1) is 35.0. The molecular weight excluding hydrogens is 566 g/mol. The number of nitrogens with zero attached hydrogens (tertiary/aromatic N) is 2. The molecule has 11 nitrogen and oxygen atoms in total. The number of unbranched alkanes of at least 4 members (excludes halogenated alkanes) is 2. The van der Waals surface area contributed by atoms with Crippen molar-refractivity contribution in [3.8, 4) is 0 Å². The van der Waals surface area contributed by atoms with E-state index >= 15 is 0 Å². The highest BCUT2D eigenvalue weighted by molar-refractivity contribution is 6.13. The lowest BCUT2D eigenvalue weighted by molar-refractivity contribution is -0.137. The number of ketones is 1. The van der Waals surface area contributed by atoms with Crippen LogP contribution < -0.4 is 5.32 Å². The van der Waals surface area contributed by atoms with Gasteiger partial charge in [-0.1, -0.05) is 38.0 Å². The van der Waals surface area contributed by atoms with E-state index in [4.69, 9.17) is 23.9 Å². The zero-order chi connectivity index (χ0) is 31.4. The molecule has 0 saturated carbocycles. The molecule has 0 saturated heterocycles. The minimum absolute atomic E-state index is 0.00758. The number of ether oxygens (including phenoxy) is 4. The summed E-state index contributed by atoms with van der Waals surface area (Å²) in [5, 5.41) is 4.04. The van der Waals surface area contributed by atoms with Crippen LogP contribution in [0.2, 0.25) is 0 Å². The number of nitrogens with one attached hydrogen (secondary N) is 1. The van der Waals surface area contributed by atoms with Crippen molar-refractivity contribution in [3.05, 3.63) is 48.0 Å². The summed E-state index contributed by atoms with van der Waals surface area (Å²) in [6.07, 6.45) is 7.94. The molecule has 0 atom stereocenters. The maximum Gasteiger partial charge on any atom is 0.253 e. The van der Waals surface area contributed by atoms with Crippen LogP contribution in [0.5, 0.6) is 0 Å². The second-order valence-electron chi connectivity index (χ2n) is 10.4. The maximum atomic E-state index is 12.5. The lowest BCUT2D eigenvalue weighted by Gasteiger charge is -2.12. The molecule has 0 bridgehead atoms. The van der Waals surface area contributed by atoms with Crippen LogP contribution in [0.25, 0.3) is 10.9 Å². The predicted octanol–water partition coefficient (Wildman–Crippen LogP) is 4.03. The molecule has 2 aromatic rings. The summed E-state index contributed by atoms with van der Waals surface area (Å²) in [5.41, 5.74) is 1.92. The Morgan fingerprint density at radius 1 is 0.773 bits per heavy atom. The molecule has 1 aromatic carbocycles. The molecule has 44 heavy (non-hydrogen) atoms. The number of carbonyl (C=O) groups is 4. The third-order valence-electron chi connectivity index (χ3n) is 6.96. The van der Waals surface area contributed by atoms with Crippen molar-refractivity contribution in [2.24, 2.45) is 0 Å². The standard InChI is InChI=1S/C33H45N3O8/c1-2-3-4-9-27-25-26-8-5-6-11-29(26)34-33(27)35-30(38)15-18-42-20-22-44-24-23-43-21-19-41-17-7-10-28(37)14-16-36-31(39)12-13-32(36)40/h5-6,8,11-13,25H,2-4,7,9-10,14-24H2,1H3,(H,34,35,38). The molecule has 1 aromatic heterocycles. The number of pyridine rings is 1. The van der Waals surface area contributed by atoms with Crippen LogP contribution in [0.4, 0.5) is 5.82 Å². The molecule has 0 fully saturated rings. The second kappa shape index (κ2) is 20.4. The van der Waals surface area contributed by atoms with E-state index in [9.17, 15) is 19.2 Å². The largest absolute Gasteiger partial charge is 0.379 e. The first-order chi connectivity index (χ1) is 21.5. The van der Waals surface area contributed by atoms with E-state index in [0.29, 0.717) is 71.5 Å². The van der Waals surface area contributed by atoms with E-state index in [0.717, 1.165) is 47.0 Å². The lowest BCUT2D eigenvalue weighted by Crippen LogP contribution is -2.32. The average molecular weight is 612 g/mol. The Balaban J connectivity index is 1.13. The van der Waals surface area contributed by atoms with Crippen molar-refractivity contribution >= 4 is 40.2 Å². The van der Waals surface area contributed by atoms with E-state index in [2.05, 4.69) is 18.3 Å². The summed E-state index contributed by atoms with van der Waals surface area (Å²) >= 11 is 0.